The maximum absolute atomic E-state index is 10.6. The third-order valence-electron chi connectivity index (χ3n) is 2.92. The van der Waals surface area contributed by atoms with Gasteiger partial charge >= 0.3 is 5.97 Å². The zero-order valence-corrected chi connectivity index (χ0v) is 10.2. The lowest BCUT2D eigenvalue weighted by molar-refractivity contribution is -0.137. The van der Waals surface area contributed by atoms with Crippen LogP contribution in [0, 0.1) is 5.92 Å². The van der Waals surface area contributed by atoms with Crippen molar-refractivity contribution in [3.8, 4) is 0 Å². The number of carboxylic acid groups (broad SMARTS) is 1. The number of thiazole rings is 1. The molecule has 1 fully saturated rings. The van der Waals surface area contributed by atoms with Crippen LogP contribution in [0.3, 0.4) is 0 Å². The summed E-state index contributed by atoms with van der Waals surface area (Å²) in [6, 6.07) is 0. The number of aryl methyl sites for hydroxylation is 1. The van der Waals surface area contributed by atoms with Crippen LogP contribution in [0.15, 0.2) is 5.38 Å². The van der Waals surface area contributed by atoms with Gasteiger partial charge in [-0.3, -0.25) is 4.79 Å². The Hall–Kier alpha value is -1.10. The molecule has 5 heteroatoms. The Labute approximate surface area is 98.9 Å². The molecular weight excluding hydrogens is 224 g/mol. The molecular formula is C11H16N2O2S. The van der Waals surface area contributed by atoms with E-state index in [1.54, 1.807) is 11.3 Å². The highest BCUT2D eigenvalue weighted by Gasteiger charge is 2.26. The first kappa shape index (κ1) is 11.4. The number of carboxylic acids is 1. The predicted octanol–water partition coefficient (Wildman–Crippen LogP) is 2.01. The molecule has 2 heterocycles. The number of anilines is 1. The Kier molecular flexibility index (Phi) is 3.43. The van der Waals surface area contributed by atoms with Crippen molar-refractivity contribution in [1.82, 2.24) is 4.98 Å². The Bertz CT molecular complexity index is 378. The first-order chi connectivity index (χ1) is 7.69. The average molecular weight is 240 g/mol. The van der Waals surface area contributed by atoms with Crippen LogP contribution < -0.4 is 4.90 Å². The average Bonchev–Trinajstić information content (AvgIpc) is 2.83. The number of aliphatic carboxylic acids is 1. The zero-order valence-electron chi connectivity index (χ0n) is 9.35. The molecule has 0 saturated carbocycles. The molecule has 1 atom stereocenters. The van der Waals surface area contributed by atoms with E-state index in [0.717, 1.165) is 36.8 Å². The van der Waals surface area contributed by atoms with Gasteiger partial charge in [0.2, 0.25) is 0 Å². The predicted molar refractivity (Wildman–Crippen MR) is 64.1 cm³/mol. The molecule has 1 saturated heterocycles. The van der Waals surface area contributed by atoms with Gasteiger partial charge in [-0.1, -0.05) is 6.92 Å². The van der Waals surface area contributed by atoms with Gasteiger partial charge in [0, 0.05) is 24.9 Å². The number of nitrogens with zero attached hydrogens (tertiary/aromatic N) is 2. The highest BCUT2D eigenvalue weighted by Crippen LogP contribution is 2.28. The van der Waals surface area contributed by atoms with Gasteiger partial charge in [-0.15, -0.1) is 11.3 Å². The minimum atomic E-state index is -0.694. The molecule has 0 aliphatic carbocycles. The number of rotatable bonds is 4. The second-order valence-corrected chi connectivity index (χ2v) is 5.01. The number of carbonyl (C=O) groups is 1. The van der Waals surface area contributed by atoms with Crippen molar-refractivity contribution >= 4 is 22.4 Å². The van der Waals surface area contributed by atoms with Gasteiger partial charge in [-0.05, 0) is 18.8 Å². The van der Waals surface area contributed by atoms with E-state index in [9.17, 15) is 4.79 Å². The first-order valence-electron chi connectivity index (χ1n) is 5.60. The van der Waals surface area contributed by atoms with Crippen molar-refractivity contribution in [3.63, 3.8) is 0 Å². The second kappa shape index (κ2) is 4.82. The van der Waals surface area contributed by atoms with Crippen LogP contribution in [0.4, 0.5) is 5.13 Å². The standard InChI is InChI=1S/C11H16N2O2S/c1-2-9-7-16-11(12-9)13-4-3-8(6-13)5-10(14)15/h7-8H,2-6H2,1H3,(H,14,15). The lowest BCUT2D eigenvalue weighted by Gasteiger charge is -2.13. The van der Waals surface area contributed by atoms with Gasteiger partial charge < -0.3 is 10.0 Å². The molecule has 0 aromatic carbocycles. The van der Waals surface area contributed by atoms with Crippen LogP contribution in [0.2, 0.25) is 0 Å². The number of aromatic nitrogens is 1. The van der Waals surface area contributed by atoms with Crippen molar-refractivity contribution in [1.29, 1.82) is 0 Å². The van der Waals surface area contributed by atoms with E-state index in [2.05, 4.69) is 22.2 Å². The SMILES string of the molecule is CCc1csc(N2CCC(CC(=O)O)C2)n1. The zero-order chi connectivity index (χ0) is 11.5. The Balaban J connectivity index is 1.95. The van der Waals surface area contributed by atoms with E-state index in [0.29, 0.717) is 0 Å². The summed E-state index contributed by atoms with van der Waals surface area (Å²) < 4.78 is 0. The van der Waals surface area contributed by atoms with Crippen LogP contribution in [-0.4, -0.2) is 29.1 Å². The lowest BCUT2D eigenvalue weighted by Crippen LogP contribution is -2.20. The molecule has 0 radical (unpaired) electrons. The van der Waals surface area contributed by atoms with Crippen LogP contribution in [0.25, 0.3) is 0 Å². The van der Waals surface area contributed by atoms with Gasteiger partial charge in [0.1, 0.15) is 0 Å². The van der Waals surface area contributed by atoms with E-state index in [-0.39, 0.29) is 12.3 Å². The Morgan fingerprint density at radius 2 is 2.56 bits per heavy atom. The van der Waals surface area contributed by atoms with Crippen LogP contribution >= 0.6 is 11.3 Å². The lowest BCUT2D eigenvalue weighted by atomic mass is 10.1. The molecule has 88 valence electrons. The second-order valence-electron chi connectivity index (χ2n) is 4.17. The molecule has 4 nitrogen and oxygen atoms in total. The van der Waals surface area contributed by atoms with Gasteiger partial charge in [0.25, 0.3) is 0 Å². The molecule has 1 N–H and O–H groups in total. The Morgan fingerprint density at radius 3 is 3.19 bits per heavy atom. The molecule has 16 heavy (non-hydrogen) atoms. The highest BCUT2D eigenvalue weighted by molar-refractivity contribution is 7.13. The molecule has 2 rings (SSSR count). The van der Waals surface area contributed by atoms with Crippen molar-refractivity contribution in [2.45, 2.75) is 26.2 Å². The van der Waals surface area contributed by atoms with Crippen LogP contribution in [-0.2, 0) is 11.2 Å². The minimum absolute atomic E-state index is 0.280. The Morgan fingerprint density at radius 1 is 1.75 bits per heavy atom. The van der Waals surface area contributed by atoms with Gasteiger partial charge in [-0.2, -0.15) is 0 Å². The molecule has 1 aliphatic rings. The van der Waals surface area contributed by atoms with Crippen molar-refractivity contribution in [3.05, 3.63) is 11.1 Å². The van der Waals surface area contributed by atoms with Gasteiger partial charge in [-0.25, -0.2) is 4.98 Å². The largest absolute Gasteiger partial charge is 0.481 e. The summed E-state index contributed by atoms with van der Waals surface area (Å²) >= 11 is 1.66. The van der Waals surface area contributed by atoms with Crippen molar-refractivity contribution in [2.75, 3.05) is 18.0 Å². The molecule has 1 aromatic rings. The molecule has 1 unspecified atom stereocenters. The first-order valence-corrected chi connectivity index (χ1v) is 6.48. The molecule has 0 bridgehead atoms. The third-order valence-corrected chi connectivity index (χ3v) is 3.87. The quantitative estimate of drug-likeness (QED) is 0.874. The van der Waals surface area contributed by atoms with Crippen molar-refractivity contribution in [2.24, 2.45) is 5.92 Å². The summed E-state index contributed by atoms with van der Waals surface area (Å²) in [5.74, 6) is -0.410. The third kappa shape index (κ3) is 2.52. The highest BCUT2D eigenvalue weighted by atomic mass is 32.1. The monoisotopic (exact) mass is 240 g/mol. The van der Waals surface area contributed by atoms with Crippen LogP contribution in [0.5, 0.6) is 0 Å². The fourth-order valence-corrected chi connectivity index (χ4v) is 2.97. The molecule has 1 aliphatic heterocycles. The van der Waals surface area contributed by atoms with E-state index < -0.39 is 5.97 Å². The fraction of sp³-hybridized carbons (Fsp3) is 0.636. The van der Waals surface area contributed by atoms with Gasteiger partial charge in [0.05, 0.1) is 5.69 Å². The summed E-state index contributed by atoms with van der Waals surface area (Å²) in [6.45, 7) is 3.87. The summed E-state index contributed by atoms with van der Waals surface area (Å²) in [4.78, 5) is 17.3. The summed E-state index contributed by atoms with van der Waals surface area (Å²) in [5, 5.41) is 11.9. The van der Waals surface area contributed by atoms with E-state index in [4.69, 9.17) is 5.11 Å². The smallest absolute Gasteiger partial charge is 0.303 e. The van der Waals surface area contributed by atoms with E-state index >= 15 is 0 Å². The molecule has 0 amide bonds. The maximum atomic E-state index is 10.6. The summed E-state index contributed by atoms with van der Waals surface area (Å²) in [7, 11) is 0. The van der Waals surface area contributed by atoms with Gasteiger partial charge in [0.15, 0.2) is 5.13 Å². The topological polar surface area (TPSA) is 53.4 Å². The molecule has 1 aromatic heterocycles. The fourth-order valence-electron chi connectivity index (χ4n) is 2.02. The minimum Gasteiger partial charge on any atom is -0.481 e. The molecule has 0 spiro atoms. The van der Waals surface area contributed by atoms with E-state index in [1.807, 2.05) is 0 Å². The normalized spacial score (nSPS) is 20.3. The number of hydrogen-bond donors (Lipinski definition) is 1. The summed E-state index contributed by atoms with van der Waals surface area (Å²) in [6.07, 6.45) is 2.21. The van der Waals surface area contributed by atoms with Crippen molar-refractivity contribution < 1.29 is 9.90 Å². The van der Waals surface area contributed by atoms with E-state index in [1.165, 1.54) is 0 Å². The summed E-state index contributed by atoms with van der Waals surface area (Å²) in [5.41, 5.74) is 1.13. The maximum Gasteiger partial charge on any atom is 0.303 e. The van der Waals surface area contributed by atoms with Crippen LogP contribution in [0.1, 0.15) is 25.5 Å². The number of hydrogen-bond acceptors (Lipinski definition) is 4.